The molecule has 0 aliphatic rings. The molecule has 1 aromatic heterocycles. The molecular weight excluding hydrogens is 386 g/mol. The number of hydrogen-bond acceptors (Lipinski definition) is 2. The Morgan fingerprint density at radius 2 is 2.00 bits per heavy atom. The van der Waals surface area contributed by atoms with Gasteiger partial charge in [0.1, 0.15) is 0 Å². The fraction of sp³-hybridized carbons (Fsp3) is 0.333. The zero-order valence-corrected chi connectivity index (χ0v) is 15.0. The molecule has 1 atom stereocenters. The standard InChI is InChI=1S/C15H17Br2NS/c1-3-7-18-14(15-13(17)6-8-19-15)11-4-5-12(16)10(2)9-11/h4-6,8-9,14,18H,3,7H2,1-2H3. The summed E-state index contributed by atoms with van der Waals surface area (Å²) in [7, 11) is 0. The molecule has 0 aliphatic carbocycles. The van der Waals surface area contributed by atoms with Crippen LogP contribution in [0.1, 0.15) is 35.4 Å². The molecule has 2 aromatic rings. The molecular formula is C15H17Br2NS. The topological polar surface area (TPSA) is 12.0 Å². The fourth-order valence-corrected chi connectivity index (χ4v) is 3.96. The van der Waals surface area contributed by atoms with Crippen molar-refractivity contribution in [3.63, 3.8) is 0 Å². The molecule has 1 N–H and O–H groups in total. The highest BCUT2D eigenvalue weighted by Crippen LogP contribution is 2.34. The molecule has 2 rings (SSSR count). The Kier molecular flexibility index (Phi) is 5.63. The molecule has 0 bridgehead atoms. The van der Waals surface area contributed by atoms with Crippen LogP contribution in [-0.2, 0) is 0 Å². The molecule has 0 saturated carbocycles. The van der Waals surface area contributed by atoms with E-state index in [1.807, 2.05) is 0 Å². The second-order valence-electron chi connectivity index (χ2n) is 4.53. The number of hydrogen-bond donors (Lipinski definition) is 1. The van der Waals surface area contributed by atoms with Gasteiger partial charge in [0.2, 0.25) is 0 Å². The van der Waals surface area contributed by atoms with Crippen molar-refractivity contribution in [2.75, 3.05) is 6.54 Å². The highest BCUT2D eigenvalue weighted by atomic mass is 79.9. The van der Waals surface area contributed by atoms with Gasteiger partial charge in [-0.2, -0.15) is 0 Å². The largest absolute Gasteiger partial charge is 0.306 e. The lowest BCUT2D eigenvalue weighted by Gasteiger charge is -2.19. The molecule has 4 heteroatoms. The smallest absolute Gasteiger partial charge is 0.0682 e. The van der Waals surface area contributed by atoms with Crippen molar-refractivity contribution in [1.82, 2.24) is 5.32 Å². The van der Waals surface area contributed by atoms with Gasteiger partial charge in [-0.05, 0) is 64.5 Å². The van der Waals surface area contributed by atoms with E-state index in [1.165, 1.54) is 20.5 Å². The van der Waals surface area contributed by atoms with Gasteiger partial charge < -0.3 is 5.32 Å². The van der Waals surface area contributed by atoms with Gasteiger partial charge in [0.25, 0.3) is 0 Å². The summed E-state index contributed by atoms with van der Waals surface area (Å²) in [5.41, 5.74) is 2.59. The molecule has 1 unspecified atom stereocenters. The fourth-order valence-electron chi connectivity index (χ4n) is 2.01. The van der Waals surface area contributed by atoms with Gasteiger partial charge in [-0.15, -0.1) is 11.3 Å². The van der Waals surface area contributed by atoms with Crippen molar-refractivity contribution in [2.24, 2.45) is 0 Å². The Hall–Kier alpha value is -0.160. The SMILES string of the molecule is CCCNC(c1ccc(Br)c(C)c1)c1sccc1Br. The van der Waals surface area contributed by atoms with Crippen molar-refractivity contribution in [3.8, 4) is 0 Å². The monoisotopic (exact) mass is 401 g/mol. The molecule has 0 radical (unpaired) electrons. The van der Waals surface area contributed by atoms with E-state index in [0.29, 0.717) is 0 Å². The van der Waals surface area contributed by atoms with Crippen LogP contribution in [0.4, 0.5) is 0 Å². The highest BCUT2D eigenvalue weighted by Gasteiger charge is 2.17. The predicted molar refractivity (Wildman–Crippen MR) is 91.0 cm³/mol. The highest BCUT2D eigenvalue weighted by molar-refractivity contribution is 9.10. The van der Waals surface area contributed by atoms with Crippen molar-refractivity contribution >= 4 is 43.2 Å². The Morgan fingerprint density at radius 1 is 1.21 bits per heavy atom. The van der Waals surface area contributed by atoms with E-state index < -0.39 is 0 Å². The van der Waals surface area contributed by atoms with Gasteiger partial charge in [0.05, 0.1) is 6.04 Å². The predicted octanol–water partition coefficient (Wildman–Crippen LogP) is 5.67. The molecule has 19 heavy (non-hydrogen) atoms. The van der Waals surface area contributed by atoms with E-state index in [1.54, 1.807) is 11.3 Å². The molecule has 0 spiro atoms. The molecule has 0 saturated heterocycles. The first kappa shape index (κ1) is 15.2. The number of rotatable bonds is 5. The molecule has 0 aliphatic heterocycles. The Labute approximate surface area is 135 Å². The number of nitrogens with one attached hydrogen (secondary N) is 1. The third kappa shape index (κ3) is 3.69. The van der Waals surface area contributed by atoms with Crippen LogP contribution in [0, 0.1) is 6.92 Å². The van der Waals surface area contributed by atoms with E-state index in [-0.39, 0.29) is 6.04 Å². The van der Waals surface area contributed by atoms with Gasteiger partial charge in [-0.3, -0.25) is 0 Å². The number of halogens is 2. The van der Waals surface area contributed by atoms with Crippen molar-refractivity contribution in [3.05, 3.63) is 54.6 Å². The second kappa shape index (κ2) is 7.02. The van der Waals surface area contributed by atoms with Crippen LogP contribution in [0.15, 0.2) is 38.6 Å². The average Bonchev–Trinajstić information content (AvgIpc) is 2.80. The summed E-state index contributed by atoms with van der Waals surface area (Å²) in [4.78, 5) is 1.34. The summed E-state index contributed by atoms with van der Waals surface area (Å²) in [6.45, 7) is 5.35. The van der Waals surface area contributed by atoms with Crippen LogP contribution in [0.25, 0.3) is 0 Å². The minimum Gasteiger partial charge on any atom is -0.306 e. The molecule has 0 amide bonds. The van der Waals surface area contributed by atoms with Crippen LogP contribution >= 0.6 is 43.2 Å². The lowest BCUT2D eigenvalue weighted by Crippen LogP contribution is -2.22. The number of benzene rings is 1. The third-order valence-electron chi connectivity index (χ3n) is 3.02. The second-order valence-corrected chi connectivity index (χ2v) is 7.18. The zero-order valence-electron chi connectivity index (χ0n) is 11.0. The lowest BCUT2D eigenvalue weighted by molar-refractivity contribution is 0.604. The normalized spacial score (nSPS) is 12.6. The van der Waals surface area contributed by atoms with Crippen molar-refractivity contribution in [2.45, 2.75) is 26.3 Å². The molecule has 1 aromatic carbocycles. The van der Waals surface area contributed by atoms with Gasteiger partial charge in [-0.25, -0.2) is 0 Å². The van der Waals surface area contributed by atoms with Crippen LogP contribution in [0.2, 0.25) is 0 Å². The van der Waals surface area contributed by atoms with E-state index in [0.717, 1.165) is 17.4 Å². The van der Waals surface area contributed by atoms with Gasteiger partial charge >= 0.3 is 0 Å². The molecule has 1 heterocycles. The average molecular weight is 403 g/mol. The van der Waals surface area contributed by atoms with Crippen LogP contribution < -0.4 is 5.32 Å². The summed E-state index contributed by atoms with van der Waals surface area (Å²) in [6, 6.07) is 8.96. The molecule has 0 fully saturated rings. The number of aryl methyl sites for hydroxylation is 1. The molecule has 102 valence electrons. The van der Waals surface area contributed by atoms with Gasteiger partial charge in [-0.1, -0.05) is 35.0 Å². The minimum absolute atomic E-state index is 0.265. The van der Waals surface area contributed by atoms with Crippen LogP contribution in [-0.4, -0.2) is 6.54 Å². The Bertz CT molecular complexity index is 551. The van der Waals surface area contributed by atoms with Crippen LogP contribution in [0.5, 0.6) is 0 Å². The molecule has 1 nitrogen and oxygen atoms in total. The van der Waals surface area contributed by atoms with E-state index >= 15 is 0 Å². The van der Waals surface area contributed by atoms with E-state index in [9.17, 15) is 0 Å². The summed E-state index contributed by atoms with van der Waals surface area (Å²) in [5.74, 6) is 0. The number of thiophene rings is 1. The Morgan fingerprint density at radius 3 is 2.58 bits per heavy atom. The summed E-state index contributed by atoms with van der Waals surface area (Å²) >= 11 is 9.01. The van der Waals surface area contributed by atoms with Crippen LogP contribution in [0.3, 0.4) is 0 Å². The van der Waals surface area contributed by atoms with Gasteiger partial charge in [0.15, 0.2) is 0 Å². The first-order valence-corrected chi connectivity index (χ1v) is 8.82. The van der Waals surface area contributed by atoms with E-state index in [2.05, 4.69) is 80.7 Å². The first-order chi connectivity index (χ1) is 9.13. The Balaban J connectivity index is 2.37. The summed E-state index contributed by atoms with van der Waals surface area (Å²) in [5, 5.41) is 5.77. The third-order valence-corrected chi connectivity index (χ3v) is 5.85. The zero-order chi connectivity index (χ0) is 13.8. The first-order valence-electron chi connectivity index (χ1n) is 6.35. The van der Waals surface area contributed by atoms with Crippen molar-refractivity contribution < 1.29 is 0 Å². The quantitative estimate of drug-likeness (QED) is 0.679. The maximum atomic E-state index is 3.65. The lowest BCUT2D eigenvalue weighted by atomic mass is 10.0. The maximum Gasteiger partial charge on any atom is 0.0682 e. The summed E-state index contributed by atoms with van der Waals surface area (Å²) in [6.07, 6.45) is 1.13. The summed E-state index contributed by atoms with van der Waals surface area (Å²) < 4.78 is 2.35. The van der Waals surface area contributed by atoms with E-state index in [4.69, 9.17) is 0 Å². The van der Waals surface area contributed by atoms with Crippen molar-refractivity contribution in [1.29, 1.82) is 0 Å². The van der Waals surface area contributed by atoms with Gasteiger partial charge in [0, 0.05) is 13.8 Å². The maximum absolute atomic E-state index is 3.65. The minimum atomic E-state index is 0.265.